The van der Waals surface area contributed by atoms with Gasteiger partial charge < -0.3 is 16.0 Å². The van der Waals surface area contributed by atoms with Gasteiger partial charge in [-0.1, -0.05) is 30.3 Å². The highest BCUT2D eigenvalue weighted by atomic mass is 35.5. The Balaban J connectivity index is 0.00000264. The lowest BCUT2D eigenvalue weighted by Crippen LogP contribution is -2.46. The maximum atomic E-state index is 11.4. The van der Waals surface area contributed by atoms with Crippen molar-refractivity contribution in [1.29, 1.82) is 0 Å². The number of nitrogens with two attached hydrogens (primary N) is 1. The molecule has 0 bridgehead atoms. The quantitative estimate of drug-likeness (QED) is 0.729. The summed E-state index contributed by atoms with van der Waals surface area (Å²) in [5.74, 6) is -0.0623. The molecule has 1 aromatic carbocycles. The summed E-state index contributed by atoms with van der Waals surface area (Å²) in [6.07, 6.45) is 0.983. The summed E-state index contributed by atoms with van der Waals surface area (Å²) >= 11 is 0. The Labute approximate surface area is 145 Å². The molecule has 1 heterocycles. The minimum Gasteiger partial charge on any atom is -0.355 e. The number of rotatable bonds is 7. The molecule has 1 aromatic rings. The number of carbonyl (C=O) groups is 1. The molecule has 130 valence electrons. The van der Waals surface area contributed by atoms with Crippen molar-refractivity contribution in [2.75, 3.05) is 39.3 Å². The van der Waals surface area contributed by atoms with Crippen LogP contribution in [0.15, 0.2) is 30.3 Å². The van der Waals surface area contributed by atoms with Crippen LogP contribution in [0.4, 0.5) is 0 Å². The topological polar surface area (TPSA) is 61.6 Å². The summed E-state index contributed by atoms with van der Waals surface area (Å²) in [5.41, 5.74) is 6.90. The molecule has 1 aliphatic heterocycles. The van der Waals surface area contributed by atoms with Crippen molar-refractivity contribution < 1.29 is 4.79 Å². The van der Waals surface area contributed by atoms with Crippen molar-refractivity contribution in [3.63, 3.8) is 0 Å². The van der Waals surface area contributed by atoms with Gasteiger partial charge in [-0.15, -0.1) is 12.4 Å². The van der Waals surface area contributed by atoms with Gasteiger partial charge >= 0.3 is 0 Å². The van der Waals surface area contributed by atoms with E-state index in [2.05, 4.69) is 45.4 Å². The number of nitrogens with one attached hydrogen (secondary N) is 1. The number of hydrogen-bond donors (Lipinski definition) is 2. The molecule has 3 N–H and O–H groups in total. The van der Waals surface area contributed by atoms with Crippen LogP contribution in [0.3, 0.4) is 0 Å². The van der Waals surface area contributed by atoms with Gasteiger partial charge in [0.05, 0.1) is 6.04 Å². The average molecular weight is 341 g/mol. The van der Waals surface area contributed by atoms with Crippen molar-refractivity contribution in [2.24, 2.45) is 5.73 Å². The number of halogens is 1. The first-order valence-corrected chi connectivity index (χ1v) is 8.17. The largest absolute Gasteiger partial charge is 0.355 e. The fourth-order valence-electron chi connectivity index (χ4n) is 2.69. The average Bonchev–Trinajstić information content (AvgIpc) is 2.53. The van der Waals surface area contributed by atoms with E-state index in [0.29, 0.717) is 6.54 Å². The van der Waals surface area contributed by atoms with Crippen LogP contribution in [0, 0.1) is 0 Å². The van der Waals surface area contributed by atoms with Gasteiger partial charge in [0.15, 0.2) is 0 Å². The molecule has 0 radical (unpaired) electrons. The van der Waals surface area contributed by atoms with Gasteiger partial charge in [-0.3, -0.25) is 9.69 Å². The van der Waals surface area contributed by atoms with E-state index in [9.17, 15) is 4.79 Å². The molecule has 0 saturated carbocycles. The van der Waals surface area contributed by atoms with E-state index in [4.69, 9.17) is 5.73 Å². The maximum absolute atomic E-state index is 11.4. The van der Waals surface area contributed by atoms with Crippen LogP contribution in [-0.2, 0) is 11.3 Å². The molecule has 1 unspecified atom stereocenters. The van der Waals surface area contributed by atoms with Crippen LogP contribution in [0.25, 0.3) is 0 Å². The molecule has 1 aliphatic rings. The van der Waals surface area contributed by atoms with Gasteiger partial charge in [-0.25, -0.2) is 0 Å². The van der Waals surface area contributed by atoms with Gasteiger partial charge in [0.2, 0.25) is 5.91 Å². The standard InChI is InChI=1S/C17H28N4O.ClH/c1-15(18)17(22)19-8-5-9-20-10-12-21(13-11-20)14-16-6-3-2-4-7-16;/h2-4,6-7,15H,5,8-14,18H2,1H3,(H,19,22);1H. The molecule has 1 saturated heterocycles. The number of piperazine rings is 1. The van der Waals surface area contributed by atoms with Gasteiger partial charge in [0.25, 0.3) is 0 Å². The highest BCUT2D eigenvalue weighted by molar-refractivity contribution is 5.85. The van der Waals surface area contributed by atoms with Crippen LogP contribution >= 0.6 is 12.4 Å². The van der Waals surface area contributed by atoms with Gasteiger partial charge in [-0.05, 0) is 25.5 Å². The molecule has 1 atom stereocenters. The summed E-state index contributed by atoms with van der Waals surface area (Å²) in [6, 6.07) is 10.2. The molecular weight excluding hydrogens is 312 g/mol. The lowest BCUT2D eigenvalue weighted by Gasteiger charge is -2.34. The Kier molecular flexibility index (Phi) is 9.17. The van der Waals surface area contributed by atoms with E-state index >= 15 is 0 Å². The minimum atomic E-state index is -0.415. The first kappa shape index (κ1) is 19.9. The normalized spacial score (nSPS) is 17.3. The Morgan fingerprint density at radius 3 is 2.39 bits per heavy atom. The van der Waals surface area contributed by atoms with Crippen molar-refractivity contribution in [3.05, 3.63) is 35.9 Å². The summed E-state index contributed by atoms with van der Waals surface area (Å²) in [7, 11) is 0. The second-order valence-corrected chi connectivity index (χ2v) is 6.04. The molecule has 1 amide bonds. The van der Waals surface area contributed by atoms with E-state index < -0.39 is 6.04 Å². The summed E-state index contributed by atoms with van der Waals surface area (Å²) in [4.78, 5) is 16.3. The fraction of sp³-hybridized carbons (Fsp3) is 0.588. The number of benzene rings is 1. The first-order valence-electron chi connectivity index (χ1n) is 8.17. The Hall–Kier alpha value is -1.14. The molecule has 2 rings (SSSR count). The Bertz CT molecular complexity index is 447. The molecule has 1 fully saturated rings. The number of hydrogen-bond acceptors (Lipinski definition) is 4. The van der Waals surface area contributed by atoms with E-state index in [0.717, 1.165) is 45.7 Å². The van der Waals surface area contributed by atoms with E-state index in [1.165, 1.54) is 5.56 Å². The fourth-order valence-corrected chi connectivity index (χ4v) is 2.69. The van der Waals surface area contributed by atoms with Crippen LogP contribution in [0.1, 0.15) is 18.9 Å². The number of carbonyl (C=O) groups excluding carboxylic acids is 1. The highest BCUT2D eigenvalue weighted by Crippen LogP contribution is 2.08. The van der Waals surface area contributed by atoms with Crippen molar-refractivity contribution in [2.45, 2.75) is 25.9 Å². The molecule has 5 nitrogen and oxygen atoms in total. The zero-order valence-corrected chi connectivity index (χ0v) is 14.7. The predicted molar refractivity (Wildman–Crippen MR) is 96.7 cm³/mol. The van der Waals surface area contributed by atoms with Crippen molar-refractivity contribution in [1.82, 2.24) is 15.1 Å². The lowest BCUT2D eigenvalue weighted by molar-refractivity contribution is -0.121. The van der Waals surface area contributed by atoms with Crippen LogP contribution in [0.2, 0.25) is 0 Å². The van der Waals surface area contributed by atoms with E-state index in [1.807, 2.05) is 0 Å². The second-order valence-electron chi connectivity index (χ2n) is 6.04. The molecular formula is C17H29ClN4O. The zero-order valence-electron chi connectivity index (χ0n) is 13.9. The Morgan fingerprint density at radius 1 is 1.17 bits per heavy atom. The second kappa shape index (κ2) is 10.6. The third kappa shape index (κ3) is 7.31. The van der Waals surface area contributed by atoms with E-state index in [-0.39, 0.29) is 18.3 Å². The molecule has 0 spiro atoms. The third-order valence-electron chi connectivity index (χ3n) is 4.08. The van der Waals surface area contributed by atoms with Gasteiger partial charge in [0, 0.05) is 39.3 Å². The Morgan fingerprint density at radius 2 is 1.78 bits per heavy atom. The maximum Gasteiger partial charge on any atom is 0.236 e. The number of nitrogens with zero attached hydrogens (tertiary/aromatic N) is 2. The van der Waals surface area contributed by atoms with Crippen LogP contribution in [0.5, 0.6) is 0 Å². The summed E-state index contributed by atoms with van der Waals surface area (Å²) in [6.45, 7) is 8.94. The van der Waals surface area contributed by atoms with E-state index in [1.54, 1.807) is 6.92 Å². The molecule has 23 heavy (non-hydrogen) atoms. The molecule has 0 aliphatic carbocycles. The minimum absolute atomic E-state index is 0. The molecule has 6 heteroatoms. The third-order valence-corrected chi connectivity index (χ3v) is 4.08. The smallest absolute Gasteiger partial charge is 0.236 e. The summed E-state index contributed by atoms with van der Waals surface area (Å²) in [5, 5.41) is 2.86. The predicted octanol–water partition coefficient (Wildman–Crippen LogP) is 1.08. The zero-order chi connectivity index (χ0) is 15.8. The number of amides is 1. The van der Waals surface area contributed by atoms with Crippen LogP contribution in [-0.4, -0.2) is 61.0 Å². The lowest BCUT2D eigenvalue weighted by atomic mass is 10.2. The highest BCUT2D eigenvalue weighted by Gasteiger charge is 2.16. The molecule has 0 aromatic heterocycles. The summed E-state index contributed by atoms with van der Waals surface area (Å²) < 4.78 is 0. The SMILES string of the molecule is CC(N)C(=O)NCCCN1CCN(Cc2ccccc2)CC1.Cl. The van der Waals surface area contributed by atoms with Gasteiger partial charge in [-0.2, -0.15) is 0 Å². The first-order chi connectivity index (χ1) is 10.6. The van der Waals surface area contributed by atoms with Crippen molar-refractivity contribution in [3.8, 4) is 0 Å². The van der Waals surface area contributed by atoms with Crippen molar-refractivity contribution >= 4 is 18.3 Å². The monoisotopic (exact) mass is 340 g/mol. The van der Waals surface area contributed by atoms with Gasteiger partial charge in [0.1, 0.15) is 0 Å². The van der Waals surface area contributed by atoms with Crippen LogP contribution < -0.4 is 11.1 Å².